The van der Waals surface area contributed by atoms with Crippen molar-refractivity contribution < 1.29 is 27.1 Å². The van der Waals surface area contributed by atoms with Gasteiger partial charge in [-0.15, -0.1) is 0 Å². The van der Waals surface area contributed by atoms with Crippen LogP contribution in [0.2, 0.25) is 5.02 Å². The molecule has 0 atom stereocenters. The first-order valence-corrected chi connectivity index (χ1v) is 8.67. The van der Waals surface area contributed by atoms with E-state index in [1.165, 1.54) is 30.5 Å². The molecule has 29 heavy (non-hydrogen) atoms. The molecule has 0 radical (unpaired) electrons. The summed E-state index contributed by atoms with van der Waals surface area (Å²) in [6.07, 6.45) is -3.21. The van der Waals surface area contributed by atoms with Crippen molar-refractivity contribution in [3.63, 3.8) is 0 Å². The van der Waals surface area contributed by atoms with Gasteiger partial charge in [-0.05, 0) is 42.5 Å². The number of hydrogen-bond donors (Lipinski definition) is 1. The molecule has 2 aromatic carbocycles. The fraction of sp³-hybridized carbons (Fsp3) is 0.100. The summed E-state index contributed by atoms with van der Waals surface area (Å²) in [5.74, 6) is 0.431. The molecule has 0 saturated heterocycles. The van der Waals surface area contributed by atoms with Crippen molar-refractivity contribution in [1.29, 1.82) is 0 Å². The number of halogens is 4. The van der Waals surface area contributed by atoms with E-state index >= 15 is 0 Å². The number of rotatable bonds is 6. The highest BCUT2D eigenvalue weighted by Crippen LogP contribution is 2.32. The van der Waals surface area contributed by atoms with Crippen molar-refractivity contribution in [2.45, 2.75) is 6.18 Å². The number of carbonyl (C=O) groups is 1. The first kappa shape index (κ1) is 20.5. The maximum Gasteiger partial charge on any atom is 0.416 e. The smallest absolute Gasteiger partial charge is 0.416 e. The highest BCUT2D eigenvalue weighted by atomic mass is 35.5. The average Bonchev–Trinajstić information content (AvgIpc) is 3.15. The zero-order valence-corrected chi connectivity index (χ0v) is 15.5. The molecule has 3 aromatic rings. The van der Waals surface area contributed by atoms with Gasteiger partial charge < -0.3 is 9.15 Å². The predicted octanol–water partition coefficient (Wildman–Crippen LogP) is 5.15. The molecule has 0 spiro atoms. The maximum atomic E-state index is 12.8. The summed E-state index contributed by atoms with van der Waals surface area (Å²) in [5, 5.41) is 4.21. The standard InChI is InChI=1S/C20H14ClF3N2O3/c21-15-5-2-6-16(10-15)28-12-19(27)26-25-11-17-7-8-18(29-17)13-3-1-4-14(9-13)20(22,23)24/h1-11H,12H2,(H,26,27). The first-order valence-electron chi connectivity index (χ1n) is 8.29. The number of benzene rings is 2. The number of nitrogens with zero attached hydrogens (tertiary/aromatic N) is 1. The van der Waals surface area contributed by atoms with Crippen molar-refractivity contribution in [2.75, 3.05) is 6.61 Å². The van der Waals surface area contributed by atoms with Gasteiger partial charge in [-0.1, -0.05) is 29.8 Å². The quantitative estimate of drug-likeness (QED) is 0.441. The molecule has 5 nitrogen and oxygen atoms in total. The number of alkyl halides is 3. The van der Waals surface area contributed by atoms with Crippen LogP contribution in [-0.4, -0.2) is 18.7 Å². The fourth-order valence-corrected chi connectivity index (χ4v) is 2.51. The Morgan fingerprint density at radius 3 is 2.69 bits per heavy atom. The van der Waals surface area contributed by atoms with Crippen molar-refractivity contribution in [2.24, 2.45) is 5.10 Å². The summed E-state index contributed by atoms with van der Waals surface area (Å²) >= 11 is 5.82. The molecule has 150 valence electrons. The Labute approximate surface area is 168 Å². The molecule has 9 heteroatoms. The zero-order chi connectivity index (χ0) is 20.9. The van der Waals surface area contributed by atoms with E-state index in [-0.39, 0.29) is 23.7 Å². The van der Waals surface area contributed by atoms with E-state index < -0.39 is 17.6 Å². The summed E-state index contributed by atoms with van der Waals surface area (Å²) < 4.78 is 49.2. The number of furan rings is 1. The van der Waals surface area contributed by atoms with Crippen LogP contribution >= 0.6 is 11.6 Å². The van der Waals surface area contributed by atoms with E-state index in [0.717, 1.165) is 12.1 Å². The SMILES string of the molecule is O=C(COc1cccc(Cl)c1)NN=Cc1ccc(-c2cccc(C(F)(F)F)c2)o1. The Morgan fingerprint density at radius 1 is 1.14 bits per heavy atom. The van der Waals surface area contributed by atoms with Crippen molar-refractivity contribution >= 4 is 23.7 Å². The fourth-order valence-electron chi connectivity index (χ4n) is 2.33. The molecule has 0 fully saturated rings. The molecular weight excluding hydrogens is 409 g/mol. The molecule has 0 unspecified atom stereocenters. The lowest BCUT2D eigenvalue weighted by Crippen LogP contribution is -2.24. The first-order chi connectivity index (χ1) is 13.8. The summed E-state index contributed by atoms with van der Waals surface area (Å²) in [7, 11) is 0. The third-order valence-electron chi connectivity index (χ3n) is 3.65. The molecule has 0 aliphatic rings. The molecule has 3 rings (SSSR count). The lowest BCUT2D eigenvalue weighted by atomic mass is 10.1. The van der Waals surface area contributed by atoms with Crippen LogP contribution in [0.25, 0.3) is 11.3 Å². The largest absolute Gasteiger partial charge is 0.484 e. The highest BCUT2D eigenvalue weighted by Gasteiger charge is 2.30. The number of amides is 1. The van der Waals surface area contributed by atoms with Gasteiger partial charge in [0.1, 0.15) is 17.3 Å². The summed E-state index contributed by atoms with van der Waals surface area (Å²) in [5.41, 5.74) is 1.76. The van der Waals surface area contributed by atoms with E-state index in [1.807, 2.05) is 0 Å². The minimum absolute atomic E-state index is 0.244. The lowest BCUT2D eigenvalue weighted by molar-refractivity contribution is -0.137. The number of ether oxygens (including phenoxy) is 1. The van der Waals surface area contributed by atoms with Crippen molar-refractivity contribution in [1.82, 2.24) is 5.43 Å². The van der Waals surface area contributed by atoms with Crippen molar-refractivity contribution in [3.05, 3.63) is 77.0 Å². The van der Waals surface area contributed by atoms with Gasteiger partial charge in [-0.3, -0.25) is 4.79 Å². The van der Waals surface area contributed by atoms with Gasteiger partial charge >= 0.3 is 6.18 Å². The third-order valence-corrected chi connectivity index (χ3v) is 3.88. The predicted molar refractivity (Wildman–Crippen MR) is 102 cm³/mol. The normalized spacial score (nSPS) is 11.6. The van der Waals surface area contributed by atoms with Crippen LogP contribution in [-0.2, 0) is 11.0 Å². The Hall–Kier alpha value is -3.26. The van der Waals surface area contributed by atoms with Crippen molar-refractivity contribution in [3.8, 4) is 17.1 Å². The minimum atomic E-state index is -4.44. The second-order valence-corrected chi connectivity index (χ2v) is 6.26. The number of hydrogen-bond acceptors (Lipinski definition) is 4. The Balaban J connectivity index is 1.56. The molecule has 0 bridgehead atoms. The second-order valence-electron chi connectivity index (χ2n) is 5.82. The van der Waals surface area contributed by atoms with Crippen LogP contribution in [0.1, 0.15) is 11.3 Å². The Kier molecular flexibility index (Phi) is 6.23. The van der Waals surface area contributed by atoms with Gasteiger partial charge in [0, 0.05) is 10.6 Å². The van der Waals surface area contributed by atoms with E-state index in [9.17, 15) is 18.0 Å². The van der Waals surface area contributed by atoms with Gasteiger partial charge in [0.15, 0.2) is 6.61 Å². The number of nitrogens with one attached hydrogen (secondary N) is 1. The molecule has 1 aromatic heterocycles. The van der Waals surface area contributed by atoms with Crippen LogP contribution in [0.5, 0.6) is 5.75 Å². The summed E-state index contributed by atoms with van der Waals surface area (Å²) in [6.45, 7) is -0.272. The second kappa shape index (κ2) is 8.83. The van der Waals surface area contributed by atoms with Gasteiger partial charge in [-0.25, -0.2) is 5.43 Å². The molecule has 0 aliphatic carbocycles. The summed E-state index contributed by atoms with van der Waals surface area (Å²) in [6, 6.07) is 14.4. The van der Waals surface area contributed by atoms with E-state index in [1.54, 1.807) is 24.3 Å². The highest BCUT2D eigenvalue weighted by molar-refractivity contribution is 6.30. The topological polar surface area (TPSA) is 63.8 Å². The maximum absolute atomic E-state index is 12.8. The molecule has 0 saturated carbocycles. The van der Waals surface area contributed by atoms with Crippen LogP contribution in [0, 0.1) is 0 Å². The van der Waals surface area contributed by atoms with Gasteiger partial charge in [-0.2, -0.15) is 18.3 Å². The van der Waals surface area contributed by atoms with E-state index in [2.05, 4.69) is 10.5 Å². The average molecular weight is 423 g/mol. The molecule has 0 aliphatic heterocycles. The van der Waals surface area contributed by atoms with Crippen LogP contribution in [0.3, 0.4) is 0 Å². The lowest BCUT2D eigenvalue weighted by Gasteiger charge is -2.07. The van der Waals surface area contributed by atoms with E-state index in [0.29, 0.717) is 10.8 Å². The van der Waals surface area contributed by atoms with Gasteiger partial charge in [0.05, 0.1) is 11.8 Å². The number of hydrazone groups is 1. The minimum Gasteiger partial charge on any atom is -0.484 e. The molecule has 1 amide bonds. The Morgan fingerprint density at radius 2 is 1.93 bits per heavy atom. The third kappa shape index (κ3) is 5.86. The molecule has 1 heterocycles. The number of carbonyl (C=O) groups excluding carboxylic acids is 1. The zero-order valence-electron chi connectivity index (χ0n) is 14.7. The van der Waals surface area contributed by atoms with Gasteiger partial charge in [0.25, 0.3) is 5.91 Å². The molecular formula is C20H14ClF3N2O3. The van der Waals surface area contributed by atoms with Crippen LogP contribution in [0.4, 0.5) is 13.2 Å². The van der Waals surface area contributed by atoms with Gasteiger partial charge in [0.2, 0.25) is 0 Å². The van der Waals surface area contributed by atoms with Crippen LogP contribution in [0.15, 0.2) is 70.2 Å². The summed E-state index contributed by atoms with van der Waals surface area (Å²) in [4.78, 5) is 11.7. The Bertz CT molecular complexity index is 1030. The molecule has 1 N–H and O–H groups in total. The van der Waals surface area contributed by atoms with E-state index in [4.69, 9.17) is 20.8 Å². The van der Waals surface area contributed by atoms with Crippen LogP contribution < -0.4 is 10.2 Å². The monoisotopic (exact) mass is 422 g/mol.